The van der Waals surface area contributed by atoms with Crippen LogP contribution in [0.5, 0.6) is 0 Å². The Labute approximate surface area is 162 Å². The summed E-state index contributed by atoms with van der Waals surface area (Å²) in [7, 11) is 0. The molecule has 0 bridgehead atoms. The molecular formula is C18H19ClN6O2. The zero-order valence-electron chi connectivity index (χ0n) is 14.5. The van der Waals surface area contributed by atoms with Crippen LogP contribution in [-0.2, 0) is 0 Å². The predicted molar refractivity (Wildman–Crippen MR) is 108 cm³/mol. The molecule has 0 saturated carbocycles. The zero-order chi connectivity index (χ0) is 18.5. The Hall–Kier alpha value is -3.39. The Morgan fingerprint density at radius 1 is 1.07 bits per heavy atom. The van der Waals surface area contributed by atoms with Gasteiger partial charge in [0.2, 0.25) is 5.91 Å². The molecule has 0 spiro atoms. The molecule has 0 atom stereocenters. The number of urea groups is 1. The number of aromatic nitrogens is 2. The minimum absolute atomic E-state index is 0. The van der Waals surface area contributed by atoms with Crippen LogP contribution in [0.1, 0.15) is 17.3 Å². The van der Waals surface area contributed by atoms with E-state index in [1.807, 2.05) is 25.1 Å². The molecule has 0 aliphatic carbocycles. The number of benzene rings is 1. The van der Waals surface area contributed by atoms with Crippen molar-refractivity contribution in [3.05, 3.63) is 54.4 Å². The van der Waals surface area contributed by atoms with Gasteiger partial charge in [-0.2, -0.15) is 0 Å². The molecule has 3 aromatic rings. The summed E-state index contributed by atoms with van der Waals surface area (Å²) in [5.41, 5.74) is 6.36. The predicted octanol–water partition coefficient (Wildman–Crippen LogP) is 3.04. The SMILES string of the molecule is CCNC(=O)Nc1cc2cccc(Nc3ccc(C(N)=O)cn3)c2cn1.Cl. The summed E-state index contributed by atoms with van der Waals surface area (Å²) in [6.45, 7) is 2.38. The summed E-state index contributed by atoms with van der Waals surface area (Å²) in [6, 6.07) is 10.5. The molecule has 0 radical (unpaired) electrons. The van der Waals surface area contributed by atoms with E-state index in [-0.39, 0.29) is 18.4 Å². The monoisotopic (exact) mass is 386 g/mol. The number of carbonyl (C=O) groups is 2. The first-order chi connectivity index (χ1) is 12.6. The lowest BCUT2D eigenvalue weighted by atomic mass is 10.1. The molecule has 0 saturated heterocycles. The van der Waals surface area contributed by atoms with Gasteiger partial charge in [-0.15, -0.1) is 12.4 Å². The standard InChI is InChI=1S/C18H18N6O2.ClH/c1-2-20-18(26)24-16-8-11-4-3-5-14(13(11)10-22-16)23-15-7-6-12(9-21-15)17(19)25;/h3-10H,2H2,1H3,(H2,19,25)(H,21,23)(H2,20,22,24,26);1H. The van der Waals surface area contributed by atoms with E-state index in [1.54, 1.807) is 24.4 Å². The largest absolute Gasteiger partial charge is 0.366 e. The number of halogens is 1. The van der Waals surface area contributed by atoms with E-state index >= 15 is 0 Å². The molecule has 27 heavy (non-hydrogen) atoms. The van der Waals surface area contributed by atoms with E-state index < -0.39 is 5.91 Å². The van der Waals surface area contributed by atoms with Crippen molar-refractivity contribution in [1.82, 2.24) is 15.3 Å². The van der Waals surface area contributed by atoms with Gasteiger partial charge in [-0.1, -0.05) is 12.1 Å². The molecule has 3 rings (SSSR count). The van der Waals surface area contributed by atoms with Crippen LogP contribution in [0.25, 0.3) is 10.8 Å². The lowest BCUT2D eigenvalue weighted by molar-refractivity contribution is 0.1000. The fraction of sp³-hybridized carbons (Fsp3) is 0.111. The molecule has 0 aliphatic heterocycles. The first-order valence-corrected chi connectivity index (χ1v) is 8.03. The van der Waals surface area contributed by atoms with Crippen LogP contribution in [0.3, 0.4) is 0 Å². The van der Waals surface area contributed by atoms with Gasteiger partial charge in [-0.25, -0.2) is 14.8 Å². The highest BCUT2D eigenvalue weighted by atomic mass is 35.5. The number of pyridine rings is 2. The van der Waals surface area contributed by atoms with Crippen molar-refractivity contribution >= 4 is 52.4 Å². The van der Waals surface area contributed by atoms with Crippen LogP contribution in [0.15, 0.2) is 48.8 Å². The highest BCUT2D eigenvalue weighted by Crippen LogP contribution is 2.26. The van der Waals surface area contributed by atoms with Crippen molar-refractivity contribution in [2.24, 2.45) is 5.73 Å². The number of amides is 3. The van der Waals surface area contributed by atoms with Crippen molar-refractivity contribution in [3.8, 4) is 0 Å². The first-order valence-electron chi connectivity index (χ1n) is 8.03. The maximum atomic E-state index is 11.6. The van der Waals surface area contributed by atoms with Gasteiger partial charge in [0, 0.05) is 30.0 Å². The maximum absolute atomic E-state index is 11.6. The third-order valence-electron chi connectivity index (χ3n) is 3.65. The molecule has 8 nitrogen and oxygen atoms in total. The van der Waals surface area contributed by atoms with Gasteiger partial charge >= 0.3 is 6.03 Å². The van der Waals surface area contributed by atoms with E-state index in [2.05, 4.69) is 25.9 Å². The van der Waals surface area contributed by atoms with Crippen LogP contribution in [0, 0.1) is 0 Å². The summed E-state index contributed by atoms with van der Waals surface area (Å²) in [4.78, 5) is 31.2. The Bertz CT molecular complexity index is 962. The molecule has 0 unspecified atom stereocenters. The zero-order valence-corrected chi connectivity index (χ0v) is 15.3. The van der Waals surface area contributed by atoms with E-state index in [1.165, 1.54) is 6.20 Å². The minimum Gasteiger partial charge on any atom is -0.366 e. The van der Waals surface area contributed by atoms with Gasteiger partial charge in [-0.3, -0.25) is 10.1 Å². The van der Waals surface area contributed by atoms with E-state index in [0.717, 1.165) is 16.5 Å². The number of hydrogen-bond donors (Lipinski definition) is 4. The van der Waals surface area contributed by atoms with Crippen LogP contribution < -0.4 is 21.7 Å². The van der Waals surface area contributed by atoms with Gasteiger partial charge in [0.15, 0.2) is 0 Å². The lowest BCUT2D eigenvalue weighted by Crippen LogP contribution is -2.28. The Morgan fingerprint density at radius 3 is 2.52 bits per heavy atom. The van der Waals surface area contributed by atoms with Gasteiger partial charge < -0.3 is 16.4 Å². The van der Waals surface area contributed by atoms with Crippen molar-refractivity contribution in [2.75, 3.05) is 17.2 Å². The molecule has 9 heteroatoms. The molecule has 140 valence electrons. The van der Waals surface area contributed by atoms with Gasteiger partial charge in [0.05, 0.1) is 5.56 Å². The molecule has 5 N–H and O–H groups in total. The molecule has 3 amide bonds. The number of fused-ring (bicyclic) bond motifs is 1. The Kier molecular flexibility index (Phi) is 6.51. The van der Waals surface area contributed by atoms with Crippen molar-refractivity contribution < 1.29 is 9.59 Å². The summed E-state index contributed by atoms with van der Waals surface area (Å²) in [6.07, 6.45) is 3.10. The van der Waals surface area contributed by atoms with E-state index in [0.29, 0.717) is 23.7 Å². The average Bonchev–Trinajstić information content (AvgIpc) is 2.62. The second-order valence-corrected chi connectivity index (χ2v) is 5.50. The number of nitrogens with zero attached hydrogens (tertiary/aromatic N) is 2. The highest BCUT2D eigenvalue weighted by Gasteiger charge is 2.07. The number of carbonyl (C=O) groups excluding carboxylic acids is 2. The fourth-order valence-corrected chi connectivity index (χ4v) is 2.42. The molecule has 2 aromatic heterocycles. The maximum Gasteiger partial charge on any atom is 0.320 e. The second-order valence-electron chi connectivity index (χ2n) is 5.50. The number of hydrogen-bond acceptors (Lipinski definition) is 5. The van der Waals surface area contributed by atoms with Crippen LogP contribution >= 0.6 is 12.4 Å². The Balaban J connectivity index is 0.00000261. The molecule has 2 heterocycles. The number of nitrogens with two attached hydrogens (primary N) is 1. The third-order valence-corrected chi connectivity index (χ3v) is 3.65. The smallest absolute Gasteiger partial charge is 0.320 e. The van der Waals surface area contributed by atoms with Gasteiger partial charge in [0.25, 0.3) is 0 Å². The third kappa shape index (κ3) is 4.83. The summed E-state index contributed by atoms with van der Waals surface area (Å²) < 4.78 is 0. The van der Waals surface area contributed by atoms with Gasteiger partial charge in [-0.05, 0) is 36.6 Å². The van der Waals surface area contributed by atoms with E-state index in [4.69, 9.17) is 5.73 Å². The molecule has 0 aliphatic rings. The van der Waals surface area contributed by atoms with Crippen molar-refractivity contribution in [1.29, 1.82) is 0 Å². The minimum atomic E-state index is -0.523. The summed E-state index contributed by atoms with van der Waals surface area (Å²) in [5, 5.41) is 10.3. The fourth-order valence-electron chi connectivity index (χ4n) is 2.42. The van der Waals surface area contributed by atoms with Crippen LogP contribution in [0.4, 0.5) is 22.1 Å². The number of primary amides is 1. The highest BCUT2D eigenvalue weighted by molar-refractivity contribution is 5.98. The van der Waals surface area contributed by atoms with Crippen LogP contribution in [0.2, 0.25) is 0 Å². The molecule has 1 aromatic carbocycles. The quantitative estimate of drug-likeness (QED) is 0.536. The lowest BCUT2D eigenvalue weighted by Gasteiger charge is -2.11. The van der Waals surface area contributed by atoms with E-state index in [9.17, 15) is 9.59 Å². The topological polar surface area (TPSA) is 122 Å². The number of rotatable bonds is 5. The average molecular weight is 387 g/mol. The number of nitrogens with one attached hydrogen (secondary N) is 3. The first kappa shape index (κ1) is 19.9. The number of anilines is 3. The summed E-state index contributed by atoms with van der Waals surface area (Å²) >= 11 is 0. The van der Waals surface area contributed by atoms with Crippen molar-refractivity contribution in [2.45, 2.75) is 6.92 Å². The van der Waals surface area contributed by atoms with Crippen molar-refractivity contribution in [3.63, 3.8) is 0 Å². The molecule has 0 fully saturated rings. The second kappa shape index (κ2) is 8.81. The van der Waals surface area contributed by atoms with Crippen LogP contribution in [-0.4, -0.2) is 28.5 Å². The Morgan fingerprint density at radius 2 is 1.85 bits per heavy atom. The normalized spacial score (nSPS) is 9.96. The van der Waals surface area contributed by atoms with Gasteiger partial charge in [0.1, 0.15) is 11.6 Å². The molecular weight excluding hydrogens is 368 g/mol. The summed E-state index contributed by atoms with van der Waals surface area (Å²) in [5.74, 6) is 0.516.